The molecule has 114 valence electrons. The van der Waals surface area contributed by atoms with Gasteiger partial charge in [0, 0.05) is 19.2 Å². The molecule has 0 unspecified atom stereocenters. The van der Waals surface area contributed by atoms with Gasteiger partial charge in [0.1, 0.15) is 5.69 Å². The van der Waals surface area contributed by atoms with Crippen molar-refractivity contribution in [2.24, 2.45) is 0 Å². The van der Waals surface area contributed by atoms with Crippen LogP contribution in [0.25, 0.3) is 0 Å². The fraction of sp³-hybridized carbons (Fsp3) is 0.625. The largest absolute Gasteiger partial charge is 0.365 e. The summed E-state index contributed by atoms with van der Waals surface area (Å²) in [5.41, 5.74) is 0.478. The highest BCUT2D eigenvalue weighted by molar-refractivity contribution is 5.63. The number of para-hydroxylation sites is 2. The van der Waals surface area contributed by atoms with Crippen LogP contribution in [0.4, 0.5) is 11.4 Å². The predicted molar refractivity (Wildman–Crippen MR) is 81.7 cm³/mol. The van der Waals surface area contributed by atoms with E-state index in [1.54, 1.807) is 12.1 Å². The van der Waals surface area contributed by atoms with Crippen molar-refractivity contribution < 1.29 is 9.66 Å². The van der Waals surface area contributed by atoms with Crippen molar-refractivity contribution in [3.05, 3.63) is 34.4 Å². The molecule has 2 aliphatic rings. The number of nitro groups is 1. The minimum absolute atomic E-state index is 0.133. The van der Waals surface area contributed by atoms with Gasteiger partial charge in [0.05, 0.1) is 16.1 Å². The van der Waals surface area contributed by atoms with E-state index in [1.165, 1.54) is 12.8 Å². The van der Waals surface area contributed by atoms with E-state index in [-0.39, 0.29) is 21.8 Å². The fourth-order valence-electron chi connectivity index (χ4n) is 3.85. The average Bonchev–Trinajstić information content (AvgIpc) is 2.84. The molecule has 1 saturated heterocycles. The zero-order valence-corrected chi connectivity index (χ0v) is 12.7. The monoisotopic (exact) mass is 290 g/mol. The van der Waals surface area contributed by atoms with Crippen LogP contribution in [0.1, 0.15) is 39.5 Å². The summed E-state index contributed by atoms with van der Waals surface area (Å²) < 4.78 is 6.36. The molecule has 0 aromatic heterocycles. The highest BCUT2D eigenvalue weighted by Crippen LogP contribution is 2.43. The molecule has 5 nitrogen and oxygen atoms in total. The minimum atomic E-state index is -0.293. The topological polar surface area (TPSA) is 55.6 Å². The molecule has 1 saturated carbocycles. The first-order chi connectivity index (χ1) is 9.91. The van der Waals surface area contributed by atoms with E-state index >= 15 is 0 Å². The number of ether oxygens (including phenoxy) is 1. The molecule has 1 heterocycles. The Morgan fingerprint density at radius 3 is 2.52 bits per heavy atom. The molecule has 1 aliphatic carbocycles. The Kier molecular flexibility index (Phi) is 3.40. The predicted octanol–water partition coefficient (Wildman–Crippen LogP) is 3.52. The third-order valence-corrected chi connectivity index (χ3v) is 4.48. The smallest absolute Gasteiger partial charge is 0.292 e. The van der Waals surface area contributed by atoms with Crippen LogP contribution in [-0.2, 0) is 4.74 Å². The second-order valence-corrected chi connectivity index (χ2v) is 6.85. The summed E-state index contributed by atoms with van der Waals surface area (Å²) in [6, 6.07) is 7.02. The van der Waals surface area contributed by atoms with Crippen molar-refractivity contribution in [3.8, 4) is 0 Å². The van der Waals surface area contributed by atoms with Crippen molar-refractivity contribution >= 4 is 11.4 Å². The zero-order valence-electron chi connectivity index (χ0n) is 12.7. The maximum atomic E-state index is 11.3. The lowest BCUT2D eigenvalue weighted by Gasteiger charge is -2.49. The van der Waals surface area contributed by atoms with Crippen molar-refractivity contribution in [1.82, 2.24) is 0 Å². The van der Waals surface area contributed by atoms with E-state index in [0.29, 0.717) is 12.2 Å². The number of morpholine rings is 1. The Balaban J connectivity index is 1.96. The van der Waals surface area contributed by atoms with Crippen LogP contribution < -0.4 is 4.90 Å². The molecular formula is C16H22N2O3. The van der Waals surface area contributed by atoms with E-state index in [1.807, 2.05) is 12.1 Å². The number of rotatable bonds is 2. The minimum Gasteiger partial charge on any atom is -0.365 e. The van der Waals surface area contributed by atoms with Crippen LogP contribution in [0.3, 0.4) is 0 Å². The molecule has 0 bridgehead atoms. The lowest BCUT2D eigenvalue weighted by Crippen LogP contribution is -2.58. The van der Waals surface area contributed by atoms with Gasteiger partial charge in [0.25, 0.3) is 5.69 Å². The van der Waals surface area contributed by atoms with E-state index in [0.717, 1.165) is 19.4 Å². The molecular weight excluding hydrogens is 268 g/mol. The standard InChI is InChI=1S/C16H22N2O3/c1-15(2)11-17(12-16(21-15)9-5-6-10-16)13-7-3-4-8-14(13)18(19)20/h3-4,7-8H,5-6,9-12H2,1-2H3. The van der Waals surface area contributed by atoms with E-state index < -0.39 is 0 Å². The van der Waals surface area contributed by atoms with E-state index in [2.05, 4.69) is 18.7 Å². The zero-order chi connectivity index (χ0) is 15.1. The highest BCUT2D eigenvalue weighted by Gasteiger charge is 2.46. The maximum Gasteiger partial charge on any atom is 0.292 e. The van der Waals surface area contributed by atoms with Crippen LogP contribution in [-0.4, -0.2) is 29.2 Å². The van der Waals surface area contributed by atoms with Crippen molar-refractivity contribution in [3.63, 3.8) is 0 Å². The maximum absolute atomic E-state index is 11.3. The molecule has 1 aromatic rings. The van der Waals surface area contributed by atoms with Gasteiger partial charge in [0.2, 0.25) is 0 Å². The van der Waals surface area contributed by atoms with Crippen molar-refractivity contribution in [2.45, 2.75) is 50.7 Å². The fourth-order valence-corrected chi connectivity index (χ4v) is 3.85. The molecule has 3 rings (SSSR count). The van der Waals surface area contributed by atoms with Gasteiger partial charge in [0.15, 0.2) is 0 Å². The van der Waals surface area contributed by atoms with Crippen LogP contribution in [0, 0.1) is 10.1 Å². The number of anilines is 1. The summed E-state index contributed by atoms with van der Waals surface area (Å²) >= 11 is 0. The van der Waals surface area contributed by atoms with Crippen molar-refractivity contribution in [2.75, 3.05) is 18.0 Å². The Morgan fingerprint density at radius 1 is 1.19 bits per heavy atom. The van der Waals surface area contributed by atoms with Crippen LogP contribution in [0.15, 0.2) is 24.3 Å². The van der Waals surface area contributed by atoms with Crippen LogP contribution in [0.5, 0.6) is 0 Å². The van der Waals surface area contributed by atoms with Gasteiger partial charge in [-0.1, -0.05) is 25.0 Å². The number of hydrogen-bond acceptors (Lipinski definition) is 4. The molecule has 2 fully saturated rings. The first-order valence-corrected chi connectivity index (χ1v) is 7.59. The van der Waals surface area contributed by atoms with E-state index in [4.69, 9.17) is 4.74 Å². The van der Waals surface area contributed by atoms with Gasteiger partial charge in [-0.2, -0.15) is 0 Å². The Bertz CT molecular complexity index is 550. The highest BCUT2D eigenvalue weighted by atomic mass is 16.6. The second kappa shape index (κ2) is 4.98. The number of nitro benzene ring substituents is 1. The Hall–Kier alpha value is -1.62. The molecule has 1 aromatic carbocycles. The number of hydrogen-bond donors (Lipinski definition) is 0. The molecule has 0 amide bonds. The summed E-state index contributed by atoms with van der Waals surface area (Å²) in [6.07, 6.45) is 4.46. The van der Waals surface area contributed by atoms with E-state index in [9.17, 15) is 10.1 Å². The van der Waals surface area contributed by atoms with Gasteiger partial charge in [-0.25, -0.2) is 0 Å². The van der Waals surface area contributed by atoms with Crippen LogP contribution >= 0.6 is 0 Å². The average molecular weight is 290 g/mol. The first kappa shape index (κ1) is 14.3. The molecule has 0 N–H and O–H groups in total. The summed E-state index contributed by atoms with van der Waals surface area (Å²) in [5.74, 6) is 0. The molecule has 1 spiro atoms. The lowest BCUT2D eigenvalue weighted by molar-refractivity contribution is -0.384. The summed E-state index contributed by atoms with van der Waals surface area (Å²) in [6.45, 7) is 5.59. The molecule has 21 heavy (non-hydrogen) atoms. The number of nitrogens with zero attached hydrogens (tertiary/aromatic N) is 2. The van der Waals surface area contributed by atoms with Gasteiger partial charge in [-0.3, -0.25) is 10.1 Å². The van der Waals surface area contributed by atoms with Gasteiger partial charge >= 0.3 is 0 Å². The lowest BCUT2D eigenvalue weighted by atomic mass is 9.93. The third kappa shape index (κ3) is 2.75. The molecule has 5 heteroatoms. The molecule has 0 atom stereocenters. The Morgan fingerprint density at radius 2 is 1.86 bits per heavy atom. The quantitative estimate of drug-likeness (QED) is 0.617. The van der Waals surface area contributed by atoms with Crippen molar-refractivity contribution in [1.29, 1.82) is 0 Å². The third-order valence-electron chi connectivity index (χ3n) is 4.48. The Labute approximate surface area is 125 Å². The summed E-state index contributed by atoms with van der Waals surface area (Å²) in [5, 5.41) is 11.3. The first-order valence-electron chi connectivity index (χ1n) is 7.59. The second-order valence-electron chi connectivity index (χ2n) is 6.85. The molecule has 1 aliphatic heterocycles. The van der Waals surface area contributed by atoms with Gasteiger partial charge in [-0.05, 0) is 32.8 Å². The summed E-state index contributed by atoms with van der Waals surface area (Å²) in [4.78, 5) is 13.1. The normalized spacial score (nSPS) is 23.4. The van der Waals surface area contributed by atoms with Gasteiger partial charge in [-0.15, -0.1) is 0 Å². The summed E-state index contributed by atoms with van der Waals surface area (Å²) in [7, 11) is 0. The van der Waals surface area contributed by atoms with Crippen LogP contribution in [0.2, 0.25) is 0 Å². The SMILES string of the molecule is CC1(C)CN(c2ccccc2[N+](=O)[O-])CC2(CCCC2)O1. The molecule has 0 radical (unpaired) electrons. The number of benzene rings is 1. The van der Waals surface area contributed by atoms with Gasteiger partial charge < -0.3 is 9.64 Å².